The van der Waals surface area contributed by atoms with Crippen LogP contribution in [0.25, 0.3) is 0 Å². The van der Waals surface area contributed by atoms with Crippen molar-refractivity contribution < 1.29 is 9.59 Å². The Morgan fingerprint density at radius 2 is 1.72 bits per heavy atom. The largest absolute Gasteiger partial charge is 0.349 e. The molecule has 0 radical (unpaired) electrons. The molecule has 2 heterocycles. The maximum Gasteiger partial charge on any atom is 0.272 e. The molecule has 2 aromatic rings. The van der Waals surface area contributed by atoms with Gasteiger partial charge in [-0.1, -0.05) is 24.3 Å². The normalized spacial score (nSPS) is 14.8. The quantitative estimate of drug-likeness (QED) is 0.723. The third-order valence-electron chi connectivity index (χ3n) is 5.81. The molecule has 1 aromatic carbocycles. The number of aryl methyl sites for hydroxylation is 2. The van der Waals surface area contributed by atoms with E-state index in [-0.39, 0.29) is 11.8 Å². The summed E-state index contributed by atoms with van der Waals surface area (Å²) in [7, 11) is 3.59. The topological polar surface area (TPSA) is 58.4 Å². The molecule has 0 atom stereocenters. The number of nitrogens with zero attached hydrogens (tertiary/aromatic N) is 4. The first-order valence-electron chi connectivity index (χ1n) is 10.6. The van der Waals surface area contributed by atoms with Gasteiger partial charge < -0.3 is 9.80 Å². The molecule has 1 aromatic heterocycles. The lowest BCUT2D eigenvalue weighted by Crippen LogP contribution is -2.39. The molecule has 1 saturated heterocycles. The van der Waals surface area contributed by atoms with Crippen LogP contribution >= 0.6 is 0 Å². The first-order chi connectivity index (χ1) is 14.0. The number of rotatable bonds is 7. The van der Waals surface area contributed by atoms with Crippen molar-refractivity contribution in [2.45, 2.75) is 45.6 Å². The van der Waals surface area contributed by atoms with Gasteiger partial charge in [-0.2, -0.15) is 5.10 Å². The number of carbonyl (C=O) groups is 2. The van der Waals surface area contributed by atoms with Crippen molar-refractivity contribution in [3.05, 3.63) is 53.3 Å². The van der Waals surface area contributed by atoms with Crippen LogP contribution in [0.5, 0.6) is 0 Å². The number of benzene rings is 1. The van der Waals surface area contributed by atoms with Crippen LogP contribution < -0.4 is 0 Å². The SMILES string of the molecule is CCn1nccc1C(=O)N1CCC(Cc2ccc(CCC(=O)N(C)C)cc2)CC1. The van der Waals surface area contributed by atoms with Gasteiger partial charge in [0.2, 0.25) is 5.91 Å². The minimum absolute atomic E-state index is 0.0967. The van der Waals surface area contributed by atoms with Gasteiger partial charge in [-0.3, -0.25) is 14.3 Å². The molecule has 0 spiro atoms. The zero-order chi connectivity index (χ0) is 20.8. The number of hydrogen-bond acceptors (Lipinski definition) is 3. The molecule has 1 aliphatic rings. The predicted molar refractivity (Wildman–Crippen MR) is 114 cm³/mol. The fourth-order valence-electron chi connectivity index (χ4n) is 3.92. The summed E-state index contributed by atoms with van der Waals surface area (Å²) in [5.74, 6) is 0.869. The van der Waals surface area contributed by atoms with E-state index in [1.54, 1.807) is 29.9 Å². The summed E-state index contributed by atoms with van der Waals surface area (Å²) in [4.78, 5) is 28.1. The second kappa shape index (κ2) is 9.72. The van der Waals surface area contributed by atoms with Crippen LogP contribution in [0.4, 0.5) is 0 Å². The molecule has 6 nitrogen and oxygen atoms in total. The molecular weight excluding hydrogens is 364 g/mol. The van der Waals surface area contributed by atoms with Crippen molar-refractivity contribution in [2.75, 3.05) is 27.2 Å². The molecule has 0 saturated carbocycles. The second-order valence-corrected chi connectivity index (χ2v) is 8.08. The Morgan fingerprint density at radius 1 is 1.07 bits per heavy atom. The van der Waals surface area contributed by atoms with E-state index in [1.807, 2.05) is 17.9 Å². The van der Waals surface area contributed by atoms with Gasteiger partial charge in [-0.05, 0) is 55.7 Å². The molecule has 0 unspecified atom stereocenters. The highest BCUT2D eigenvalue weighted by atomic mass is 16.2. The standard InChI is InChI=1S/C23H32N4O2/c1-4-27-21(11-14-24-27)23(29)26-15-12-20(13-16-26)17-19-7-5-18(6-8-19)9-10-22(28)25(2)3/h5-8,11,14,20H,4,9-10,12-13,15-17H2,1-3H3. The molecule has 1 aliphatic heterocycles. The first kappa shape index (κ1) is 21.1. The van der Waals surface area contributed by atoms with Gasteiger partial charge in [0, 0.05) is 46.3 Å². The molecule has 3 rings (SSSR count). The van der Waals surface area contributed by atoms with Crippen molar-refractivity contribution in [3.63, 3.8) is 0 Å². The Kier molecular flexibility index (Phi) is 7.07. The number of piperidine rings is 1. The van der Waals surface area contributed by atoms with E-state index < -0.39 is 0 Å². The van der Waals surface area contributed by atoms with E-state index in [2.05, 4.69) is 29.4 Å². The molecule has 1 fully saturated rings. The van der Waals surface area contributed by atoms with E-state index in [9.17, 15) is 9.59 Å². The number of aromatic nitrogens is 2. The van der Waals surface area contributed by atoms with E-state index in [0.717, 1.165) is 38.8 Å². The van der Waals surface area contributed by atoms with Gasteiger partial charge >= 0.3 is 0 Å². The summed E-state index contributed by atoms with van der Waals surface area (Å²) in [6.07, 6.45) is 6.15. The van der Waals surface area contributed by atoms with Crippen molar-refractivity contribution in [2.24, 2.45) is 5.92 Å². The third-order valence-corrected chi connectivity index (χ3v) is 5.81. The van der Waals surface area contributed by atoms with Crippen molar-refractivity contribution in [1.82, 2.24) is 19.6 Å². The summed E-state index contributed by atoms with van der Waals surface area (Å²) >= 11 is 0. The first-order valence-corrected chi connectivity index (χ1v) is 10.6. The van der Waals surface area contributed by atoms with E-state index >= 15 is 0 Å². The Morgan fingerprint density at radius 3 is 2.34 bits per heavy atom. The van der Waals surface area contributed by atoms with E-state index in [1.165, 1.54) is 11.1 Å². The van der Waals surface area contributed by atoms with Crippen LogP contribution in [-0.2, 0) is 24.2 Å². The van der Waals surface area contributed by atoms with Crippen molar-refractivity contribution in [3.8, 4) is 0 Å². The van der Waals surface area contributed by atoms with Gasteiger partial charge in [0.1, 0.15) is 5.69 Å². The lowest BCUT2D eigenvalue weighted by Gasteiger charge is -2.32. The van der Waals surface area contributed by atoms with Crippen LogP contribution in [0.1, 0.15) is 47.8 Å². The number of amides is 2. The van der Waals surface area contributed by atoms with Crippen LogP contribution in [-0.4, -0.2) is 58.6 Å². The molecule has 6 heteroatoms. The average Bonchev–Trinajstić information content (AvgIpc) is 3.22. The van der Waals surface area contributed by atoms with E-state index in [4.69, 9.17) is 0 Å². The van der Waals surface area contributed by atoms with Crippen LogP contribution in [0.15, 0.2) is 36.5 Å². The van der Waals surface area contributed by atoms with Gasteiger partial charge in [0.05, 0.1) is 0 Å². The van der Waals surface area contributed by atoms with Crippen LogP contribution in [0.2, 0.25) is 0 Å². The van der Waals surface area contributed by atoms with Crippen molar-refractivity contribution in [1.29, 1.82) is 0 Å². The predicted octanol–water partition coefficient (Wildman–Crippen LogP) is 3.02. The fourth-order valence-corrected chi connectivity index (χ4v) is 3.92. The summed E-state index contributed by atoms with van der Waals surface area (Å²) < 4.78 is 1.77. The second-order valence-electron chi connectivity index (χ2n) is 8.08. The lowest BCUT2D eigenvalue weighted by atomic mass is 9.89. The molecule has 0 N–H and O–H groups in total. The highest BCUT2D eigenvalue weighted by Crippen LogP contribution is 2.23. The van der Waals surface area contributed by atoms with Crippen molar-refractivity contribution >= 4 is 11.8 Å². The monoisotopic (exact) mass is 396 g/mol. The van der Waals surface area contributed by atoms with Gasteiger partial charge in [0.25, 0.3) is 5.91 Å². The molecule has 2 amide bonds. The fraction of sp³-hybridized carbons (Fsp3) is 0.522. The van der Waals surface area contributed by atoms with Crippen LogP contribution in [0.3, 0.4) is 0 Å². The third kappa shape index (κ3) is 5.46. The molecule has 0 bridgehead atoms. The molecule has 156 valence electrons. The highest BCUT2D eigenvalue weighted by Gasteiger charge is 2.25. The van der Waals surface area contributed by atoms with Gasteiger partial charge in [0.15, 0.2) is 0 Å². The summed E-state index contributed by atoms with van der Waals surface area (Å²) in [6.45, 7) is 4.33. The molecule has 0 aliphatic carbocycles. The minimum atomic E-state index is 0.0967. The van der Waals surface area contributed by atoms with Crippen LogP contribution in [0, 0.1) is 5.92 Å². The molecule has 29 heavy (non-hydrogen) atoms. The Balaban J connectivity index is 1.47. The maximum absolute atomic E-state index is 12.7. The van der Waals surface area contributed by atoms with Gasteiger partial charge in [-0.25, -0.2) is 0 Å². The zero-order valence-electron chi connectivity index (χ0n) is 17.8. The zero-order valence-corrected chi connectivity index (χ0v) is 17.8. The lowest BCUT2D eigenvalue weighted by molar-refractivity contribution is -0.128. The summed E-state index contributed by atoms with van der Waals surface area (Å²) in [6, 6.07) is 10.5. The number of hydrogen-bond donors (Lipinski definition) is 0. The smallest absolute Gasteiger partial charge is 0.272 e. The Labute approximate surface area is 173 Å². The number of likely N-dealkylation sites (tertiary alicyclic amines) is 1. The van der Waals surface area contributed by atoms with E-state index in [0.29, 0.717) is 24.6 Å². The Hall–Kier alpha value is -2.63. The average molecular weight is 397 g/mol. The summed E-state index contributed by atoms with van der Waals surface area (Å²) in [5, 5.41) is 4.21. The van der Waals surface area contributed by atoms with Gasteiger partial charge in [-0.15, -0.1) is 0 Å². The highest BCUT2D eigenvalue weighted by molar-refractivity contribution is 5.92. The number of carbonyl (C=O) groups excluding carboxylic acids is 2. The Bertz CT molecular complexity index is 818. The maximum atomic E-state index is 12.7. The summed E-state index contributed by atoms with van der Waals surface area (Å²) in [5.41, 5.74) is 3.23. The minimum Gasteiger partial charge on any atom is -0.349 e. The molecular formula is C23H32N4O2.